The van der Waals surface area contributed by atoms with Crippen molar-refractivity contribution in [2.24, 2.45) is 0 Å². The molecular weight excluding hydrogens is 368 g/mol. The molecule has 3 rings (SSSR count). The maximum absolute atomic E-state index is 12.5. The molecule has 0 saturated carbocycles. The zero-order chi connectivity index (χ0) is 20.1. The zero-order valence-electron chi connectivity index (χ0n) is 16.2. The highest BCUT2D eigenvalue weighted by Crippen LogP contribution is 2.10. The van der Waals surface area contributed by atoms with Crippen LogP contribution in [-0.2, 0) is 13.0 Å². The zero-order valence-corrected chi connectivity index (χ0v) is 17.2. The first-order valence-corrected chi connectivity index (χ1v) is 12.6. The van der Waals surface area contributed by atoms with Gasteiger partial charge < -0.3 is 8.98 Å². The average Bonchev–Trinajstić information content (AvgIpc) is 3.11. The lowest BCUT2D eigenvalue weighted by Crippen LogP contribution is -2.23. The van der Waals surface area contributed by atoms with Gasteiger partial charge in [0.25, 0.3) is 11.4 Å². The number of rotatable bonds is 5. The molecule has 0 aliphatic rings. The molecule has 0 saturated heterocycles. The van der Waals surface area contributed by atoms with E-state index in [9.17, 15) is 9.59 Å². The van der Waals surface area contributed by atoms with Crippen LogP contribution < -0.4 is 5.56 Å². The van der Waals surface area contributed by atoms with Crippen LogP contribution in [0.2, 0.25) is 19.6 Å². The number of ketones is 1. The van der Waals surface area contributed by atoms with Gasteiger partial charge in [0.15, 0.2) is 0 Å². The summed E-state index contributed by atoms with van der Waals surface area (Å²) in [7, 11) is -1.53. The van der Waals surface area contributed by atoms with Crippen LogP contribution in [0.5, 0.6) is 0 Å². The van der Waals surface area contributed by atoms with Crippen molar-refractivity contribution < 1.29 is 9.21 Å². The summed E-state index contributed by atoms with van der Waals surface area (Å²) in [5.41, 5.74) is 5.47. The Hall–Kier alpha value is -3.17. The molecule has 28 heavy (non-hydrogen) atoms. The molecule has 0 radical (unpaired) electrons. The lowest BCUT2D eigenvalue weighted by Gasteiger charge is -2.05. The van der Waals surface area contributed by atoms with Crippen molar-refractivity contribution in [3.05, 3.63) is 88.0 Å². The van der Waals surface area contributed by atoms with Crippen molar-refractivity contribution in [3.8, 4) is 11.5 Å². The van der Waals surface area contributed by atoms with Gasteiger partial charge in [0.05, 0.1) is 12.2 Å². The minimum Gasteiger partial charge on any atom is -0.442 e. The maximum Gasteiger partial charge on any atom is 0.265 e. The summed E-state index contributed by atoms with van der Waals surface area (Å²) < 4.78 is 6.68. The van der Waals surface area contributed by atoms with Gasteiger partial charge in [-0.1, -0.05) is 55.9 Å². The van der Waals surface area contributed by atoms with Crippen molar-refractivity contribution in [2.45, 2.75) is 32.6 Å². The Morgan fingerprint density at radius 1 is 1.14 bits per heavy atom. The van der Waals surface area contributed by atoms with E-state index in [4.69, 9.17) is 4.42 Å². The Labute approximate surface area is 165 Å². The van der Waals surface area contributed by atoms with Crippen LogP contribution >= 0.6 is 0 Å². The monoisotopic (exact) mass is 390 g/mol. The van der Waals surface area contributed by atoms with E-state index >= 15 is 0 Å². The van der Waals surface area contributed by atoms with Crippen LogP contribution in [0.15, 0.2) is 64.1 Å². The third-order valence-corrected chi connectivity index (χ3v) is 4.77. The minimum absolute atomic E-state index is 0.0106. The molecule has 0 unspecified atom stereocenters. The number of pyridine rings is 1. The molecule has 0 atom stereocenters. The van der Waals surface area contributed by atoms with Crippen LogP contribution in [0.25, 0.3) is 0 Å². The van der Waals surface area contributed by atoms with Crippen molar-refractivity contribution in [1.82, 2.24) is 9.55 Å². The highest BCUT2D eigenvalue weighted by atomic mass is 28.3. The smallest absolute Gasteiger partial charge is 0.265 e. The van der Waals surface area contributed by atoms with Gasteiger partial charge in [0, 0.05) is 24.2 Å². The van der Waals surface area contributed by atoms with Crippen molar-refractivity contribution in [1.29, 1.82) is 0 Å². The summed E-state index contributed by atoms with van der Waals surface area (Å²) in [5, 5.41) is 0. The summed E-state index contributed by atoms with van der Waals surface area (Å²) in [6.45, 7) is 6.31. The Balaban J connectivity index is 1.74. The summed E-state index contributed by atoms with van der Waals surface area (Å²) in [4.78, 5) is 28.9. The largest absolute Gasteiger partial charge is 0.442 e. The number of hydrogen-bond acceptors (Lipinski definition) is 4. The van der Waals surface area contributed by atoms with Crippen LogP contribution in [0.4, 0.5) is 0 Å². The molecule has 5 nitrogen and oxygen atoms in total. The van der Waals surface area contributed by atoms with Crippen molar-refractivity contribution in [2.75, 3.05) is 0 Å². The molecule has 0 aliphatic heterocycles. The summed E-state index contributed by atoms with van der Waals surface area (Å²) in [5.74, 6) is 2.76. The van der Waals surface area contributed by atoms with Gasteiger partial charge in [-0.05, 0) is 11.6 Å². The van der Waals surface area contributed by atoms with Crippen molar-refractivity contribution >= 4 is 13.9 Å². The molecule has 6 heteroatoms. The fraction of sp³-hybridized carbons (Fsp3) is 0.227. The van der Waals surface area contributed by atoms with E-state index in [1.807, 2.05) is 30.3 Å². The second-order valence-corrected chi connectivity index (χ2v) is 12.4. The van der Waals surface area contributed by atoms with Crippen LogP contribution in [-0.4, -0.2) is 23.4 Å². The van der Waals surface area contributed by atoms with Gasteiger partial charge in [-0.2, -0.15) is 0 Å². The predicted octanol–water partition coefficient (Wildman–Crippen LogP) is 3.54. The number of aromatic nitrogens is 2. The minimum atomic E-state index is -1.53. The Kier molecular flexibility index (Phi) is 5.76. The average molecular weight is 391 g/mol. The molecule has 0 spiro atoms. The number of carbonyl (C=O) groups excluding carboxylic acids is 1. The molecule has 0 aliphatic carbocycles. The van der Waals surface area contributed by atoms with E-state index in [1.54, 1.807) is 12.3 Å². The first-order chi connectivity index (χ1) is 13.3. The molecule has 0 N–H and O–H groups in total. The Morgan fingerprint density at radius 3 is 2.61 bits per heavy atom. The van der Waals surface area contributed by atoms with Gasteiger partial charge >= 0.3 is 0 Å². The lowest BCUT2D eigenvalue weighted by atomic mass is 10.1. The summed E-state index contributed by atoms with van der Waals surface area (Å²) in [6.07, 6.45) is 3.68. The molecule has 1 aromatic carbocycles. The molecule has 3 aromatic rings. The quantitative estimate of drug-likeness (QED) is 0.380. The van der Waals surface area contributed by atoms with Crippen molar-refractivity contribution in [3.63, 3.8) is 0 Å². The molecular formula is C22H22N2O3Si. The Morgan fingerprint density at radius 2 is 1.89 bits per heavy atom. The molecule has 0 amide bonds. The standard InChI is InChI=1S/C22H22N2O3Si/c1-28(2,3)12-11-18-9-10-21(26)24(14-18)15-20(25)22-23-19(16-27-22)13-17-7-5-4-6-8-17/h4-10,14,16H,13,15H2,1-3H3. The summed E-state index contributed by atoms with van der Waals surface area (Å²) >= 11 is 0. The number of Topliss-reactive ketones (excluding diaryl/α,β-unsaturated/α-hetero) is 1. The molecule has 2 aromatic heterocycles. The van der Waals surface area contributed by atoms with E-state index < -0.39 is 8.07 Å². The van der Waals surface area contributed by atoms with E-state index in [0.29, 0.717) is 17.7 Å². The van der Waals surface area contributed by atoms with Crippen LogP contribution in [0.1, 0.15) is 27.5 Å². The number of nitrogens with zero attached hydrogens (tertiary/aromatic N) is 2. The van der Waals surface area contributed by atoms with E-state index in [-0.39, 0.29) is 23.8 Å². The molecule has 142 valence electrons. The molecule has 0 fully saturated rings. The van der Waals surface area contributed by atoms with Gasteiger partial charge in [-0.3, -0.25) is 9.59 Å². The second kappa shape index (κ2) is 8.24. The number of benzene rings is 1. The summed E-state index contributed by atoms with van der Waals surface area (Å²) in [6, 6.07) is 12.9. The maximum atomic E-state index is 12.5. The lowest BCUT2D eigenvalue weighted by molar-refractivity contribution is 0.0937. The fourth-order valence-corrected chi connectivity index (χ4v) is 3.05. The van der Waals surface area contributed by atoms with Crippen LogP contribution in [0, 0.1) is 11.5 Å². The van der Waals surface area contributed by atoms with E-state index in [1.165, 1.54) is 16.9 Å². The fourth-order valence-electron chi connectivity index (χ4n) is 2.53. The number of carbonyl (C=O) groups is 1. The van der Waals surface area contributed by atoms with Gasteiger partial charge in [-0.25, -0.2) is 4.98 Å². The van der Waals surface area contributed by atoms with E-state index in [2.05, 4.69) is 36.1 Å². The third-order valence-electron chi connectivity index (χ3n) is 3.90. The number of oxazole rings is 1. The predicted molar refractivity (Wildman–Crippen MR) is 111 cm³/mol. The number of hydrogen-bond donors (Lipinski definition) is 0. The first kappa shape index (κ1) is 19.6. The molecule has 2 heterocycles. The SMILES string of the molecule is C[Si](C)(C)C#Cc1ccc(=O)n(CC(=O)c2nc(Cc3ccccc3)co2)c1. The third kappa shape index (κ3) is 5.41. The highest BCUT2D eigenvalue weighted by Gasteiger charge is 2.15. The van der Waals surface area contributed by atoms with Gasteiger partial charge in [0.1, 0.15) is 14.3 Å². The Bertz CT molecular complexity index is 1100. The van der Waals surface area contributed by atoms with E-state index in [0.717, 1.165) is 5.56 Å². The highest BCUT2D eigenvalue weighted by molar-refractivity contribution is 6.83. The second-order valence-electron chi connectivity index (χ2n) is 7.61. The molecule has 0 bridgehead atoms. The topological polar surface area (TPSA) is 65.1 Å². The van der Waals surface area contributed by atoms with Crippen LogP contribution in [0.3, 0.4) is 0 Å². The van der Waals surface area contributed by atoms with Gasteiger partial charge in [-0.15, -0.1) is 5.54 Å². The normalized spacial score (nSPS) is 11.0. The van der Waals surface area contributed by atoms with Gasteiger partial charge in [0.2, 0.25) is 5.78 Å². The first-order valence-electron chi connectivity index (χ1n) is 9.05.